The molecule has 0 saturated heterocycles. The normalized spacial score (nSPS) is 17.4. The number of anilines is 1. The van der Waals surface area contributed by atoms with Crippen molar-refractivity contribution in [3.63, 3.8) is 0 Å². The first-order chi connectivity index (χ1) is 15.6. The number of rotatable bonds is 5. The molecule has 170 valence electrons. The van der Waals surface area contributed by atoms with Crippen LogP contribution in [0.3, 0.4) is 0 Å². The number of benzene rings is 2. The second-order valence-corrected chi connectivity index (χ2v) is 14.4. The summed E-state index contributed by atoms with van der Waals surface area (Å²) in [6.45, 7) is 11.0. The third-order valence-corrected chi connectivity index (χ3v) is 10.2. The number of aryl methyl sites for hydroxylation is 1. The largest absolute Gasteiger partial charge is 0.325 e. The Balaban J connectivity index is 1.86. The van der Waals surface area contributed by atoms with Gasteiger partial charge in [-0.3, -0.25) is 10.2 Å². The van der Waals surface area contributed by atoms with Gasteiger partial charge >= 0.3 is 0 Å². The molecule has 0 unspecified atom stereocenters. The molecule has 2 aliphatic rings. The van der Waals surface area contributed by atoms with Crippen molar-refractivity contribution in [2.75, 3.05) is 5.32 Å². The lowest BCUT2D eigenvalue weighted by Gasteiger charge is -2.38. The van der Waals surface area contributed by atoms with E-state index in [4.69, 9.17) is 11.1 Å². The van der Waals surface area contributed by atoms with Gasteiger partial charge in [-0.15, -0.1) is 0 Å². The standard InChI is InChI=1S/C28H33N3OSi/c1-17(2)14-24(30)28(32)31-20-11-13-23-26(16-20)33(4,5)25-15-19(29)10-12-22(25)27(23)21-9-7-6-8-18(21)3/h6-13,15-17,24,29H,14,30H2,1-5H3,(H,31,32)/p+1/t24-/m1/s1. The Kier molecular flexibility index (Phi) is 6.12. The fraction of sp³-hybridized carbons (Fsp3) is 0.286. The molecule has 1 amide bonds. The van der Waals surface area contributed by atoms with E-state index < -0.39 is 14.1 Å². The summed E-state index contributed by atoms with van der Waals surface area (Å²) in [5.74, 6) is 0.237. The number of carbonyl (C=O) groups excluding carboxylic acids is 1. The highest BCUT2D eigenvalue weighted by molar-refractivity contribution is 6.98. The summed E-state index contributed by atoms with van der Waals surface area (Å²) in [7, 11) is -2.07. The first kappa shape index (κ1) is 23.1. The summed E-state index contributed by atoms with van der Waals surface area (Å²) < 4.78 is 0. The van der Waals surface area contributed by atoms with Crippen LogP contribution in [0.4, 0.5) is 5.69 Å². The van der Waals surface area contributed by atoms with Crippen molar-refractivity contribution >= 4 is 36.1 Å². The minimum atomic E-state index is -2.07. The van der Waals surface area contributed by atoms with E-state index in [-0.39, 0.29) is 5.91 Å². The van der Waals surface area contributed by atoms with Crippen molar-refractivity contribution in [1.82, 2.24) is 0 Å². The molecule has 2 aromatic rings. The highest BCUT2D eigenvalue weighted by atomic mass is 28.3. The smallest absolute Gasteiger partial charge is 0.241 e. The van der Waals surface area contributed by atoms with Gasteiger partial charge < -0.3 is 11.1 Å². The van der Waals surface area contributed by atoms with E-state index in [1.807, 2.05) is 12.1 Å². The predicted octanol–water partition coefficient (Wildman–Crippen LogP) is 3.27. The molecule has 4 nitrogen and oxygen atoms in total. The van der Waals surface area contributed by atoms with Gasteiger partial charge in [0.05, 0.1) is 6.04 Å². The van der Waals surface area contributed by atoms with Crippen LogP contribution in [-0.2, 0) is 4.79 Å². The number of fused-ring (bicyclic) bond motifs is 2. The monoisotopic (exact) mass is 456 g/mol. The summed E-state index contributed by atoms with van der Waals surface area (Å²) in [5.41, 5.74) is 13.9. The van der Waals surface area contributed by atoms with Gasteiger partial charge in [-0.05, 0) is 75.7 Å². The minimum Gasteiger partial charge on any atom is -0.325 e. The molecule has 1 aliphatic carbocycles. The molecule has 0 spiro atoms. The van der Waals surface area contributed by atoms with Gasteiger partial charge in [-0.25, -0.2) is 0 Å². The number of nitrogens with one attached hydrogen (secondary N) is 1. The van der Waals surface area contributed by atoms with E-state index in [1.54, 1.807) is 0 Å². The number of nitrogens with two attached hydrogens (primary N) is 2. The van der Waals surface area contributed by atoms with Gasteiger partial charge in [0.1, 0.15) is 8.07 Å². The third-order valence-electron chi connectivity index (χ3n) is 6.69. The molecule has 2 aromatic carbocycles. The van der Waals surface area contributed by atoms with Crippen LogP contribution in [-0.4, -0.2) is 25.7 Å². The van der Waals surface area contributed by atoms with Crippen LogP contribution in [0.5, 0.6) is 0 Å². The Bertz CT molecular complexity index is 1230. The molecule has 33 heavy (non-hydrogen) atoms. The zero-order valence-corrected chi connectivity index (χ0v) is 21.2. The van der Waals surface area contributed by atoms with Gasteiger partial charge in [0.15, 0.2) is 5.71 Å². The summed E-state index contributed by atoms with van der Waals surface area (Å²) in [6, 6.07) is 14.3. The highest BCUT2D eigenvalue weighted by Gasteiger charge is 2.40. The Hall–Kier alpha value is -3.02. The van der Waals surface area contributed by atoms with E-state index in [0.717, 1.165) is 11.4 Å². The zero-order valence-electron chi connectivity index (χ0n) is 20.2. The van der Waals surface area contributed by atoms with Crippen molar-refractivity contribution in [1.29, 1.82) is 0 Å². The molecule has 1 aliphatic heterocycles. The second-order valence-electron chi connectivity index (χ2n) is 10.1. The molecular weight excluding hydrogens is 422 g/mol. The molecule has 0 bridgehead atoms. The lowest BCUT2D eigenvalue weighted by molar-refractivity contribution is -0.117. The van der Waals surface area contributed by atoms with E-state index in [1.165, 1.54) is 38.2 Å². The van der Waals surface area contributed by atoms with E-state index in [0.29, 0.717) is 12.3 Å². The summed E-state index contributed by atoms with van der Waals surface area (Å²) in [4.78, 5) is 12.7. The predicted molar refractivity (Wildman–Crippen MR) is 141 cm³/mol. The Morgan fingerprint density at radius 3 is 2.52 bits per heavy atom. The SMILES string of the molecule is Cc1ccccc1C1=C2C=CC(=[NH2+])C=C2[Si](C)(C)c2cc(NC(=O)[C@H](N)CC(C)C)ccc21. The Morgan fingerprint density at radius 2 is 1.82 bits per heavy atom. The van der Waals surface area contributed by atoms with Crippen LogP contribution in [0.25, 0.3) is 5.57 Å². The molecule has 0 fully saturated rings. The fourth-order valence-corrected chi connectivity index (χ4v) is 8.04. The van der Waals surface area contributed by atoms with Gasteiger partial charge in [0, 0.05) is 17.8 Å². The molecule has 5 heteroatoms. The zero-order chi connectivity index (χ0) is 23.9. The average Bonchev–Trinajstić information content (AvgIpc) is 2.75. The number of hydrogen-bond acceptors (Lipinski definition) is 2. The van der Waals surface area contributed by atoms with Crippen molar-refractivity contribution in [3.8, 4) is 0 Å². The number of amides is 1. The fourth-order valence-electron chi connectivity index (χ4n) is 4.94. The molecule has 0 saturated carbocycles. The number of carbonyl (C=O) groups is 1. The maximum absolute atomic E-state index is 12.7. The maximum Gasteiger partial charge on any atom is 0.241 e. The number of allylic oxidation sites excluding steroid dienone is 5. The summed E-state index contributed by atoms with van der Waals surface area (Å²) >= 11 is 0. The number of hydrogen-bond donors (Lipinski definition) is 3. The van der Waals surface area contributed by atoms with Crippen molar-refractivity contribution in [3.05, 3.63) is 88.2 Å². The summed E-state index contributed by atoms with van der Waals surface area (Å²) in [5, 5.41) is 11.9. The lowest BCUT2D eigenvalue weighted by atomic mass is 9.87. The maximum atomic E-state index is 12.7. The lowest BCUT2D eigenvalue weighted by Crippen LogP contribution is -2.51. The van der Waals surface area contributed by atoms with Crippen LogP contribution in [0.2, 0.25) is 13.1 Å². The van der Waals surface area contributed by atoms with Crippen molar-refractivity contribution in [2.45, 2.75) is 46.3 Å². The van der Waals surface area contributed by atoms with Gasteiger partial charge in [-0.2, -0.15) is 0 Å². The van der Waals surface area contributed by atoms with E-state index in [2.05, 4.69) is 87.7 Å². The Labute approximate surface area is 197 Å². The minimum absolute atomic E-state index is 0.133. The topological polar surface area (TPSA) is 80.7 Å². The van der Waals surface area contributed by atoms with E-state index in [9.17, 15) is 4.79 Å². The average molecular weight is 457 g/mol. The first-order valence-electron chi connectivity index (χ1n) is 11.6. The molecule has 4 rings (SSSR count). The van der Waals surface area contributed by atoms with Crippen LogP contribution >= 0.6 is 0 Å². The highest BCUT2D eigenvalue weighted by Crippen LogP contribution is 2.42. The first-order valence-corrected chi connectivity index (χ1v) is 14.6. The second kappa shape index (κ2) is 8.73. The van der Waals surface area contributed by atoms with Crippen LogP contribution in [0.1, 0.15) is 37.0 Å². The quantitative estimate of drug-likeness (QED) is 0.604. The van der Waals surface area contributed by atoms with Crippen molar-refractivity contribution in [2.24, 2.45) is 11.7 Å². The van der Waals surface area contributed by atoms with Crippen LogP contribution in [0.15, 0.2) is 71.5 Å². The van der Waals surface area contributed by atoms with Gasteiger partial charge in [0.2, 0.25) is 5.91 Å². The molecule has 1 heterocycles. The molecule has 0 aromatic heterocycles. The van der Waals surface area contributed by atoms with E-state index >= 15 is 0 Å². The molecular formula is C28H34N3OSi+. The molecule has 0 radical (unpaired) electrons. The molecule has 5 N–H and O–H groups in total. The van der Waals surface area contributed by atoms with Gasteiger partial charge in [0.25, 0.3) is 0 Å². The third kappa shape index (κ3) is 4.31. The van der Waals surface area contributed by atoms with Crippen LogP contribution < -0.4 is 21.6 Å². The van der Waals surface area contributed by atoms with Gasteiger partial charge in [-0.1, -0.05) is 57.3 Å². The van der Waals surface area contributed by atoms with Crippen molar-refractivity contribution < 1.29 is 10.2 Å². The molecule has 1 atom stereocenters. The Morgan fingerprint density at radius 1 is 1.09 bits per heavy atom. The van der Waals surface area contributed by atoms with Crippen LogP contribution in [0, 0.1) is 12.8 Å². The summed E-state index contributed by atoms with van der Waals surface area (Å²) in [6.07, 6.45) is 6.98.